The third-order valence-corrected chi connectivity index (χ3v) is 1.67. The number of ether oxygens (including phenoxy) is 2. The van der Waals surface area contributed by atoms with Gasteiger partial charge in [-0.15, -0.1) is 0 Å². The highest BCUT2D eigenvalue weighted by molar-refractivity contribution is 5.84. The van der Waals surface area contributed by atoms with E-state index in [9.17, 15) is 19.7 Å². The summed E-state index contributed by atoms with van der Waals surface area (Å²) in [6.07, 6.45) is 0. The van der Waals surface area contributed by atoms with Gasteiger partial charge in [0.05, 0.1) is 4.92 Å². The molecule has 0 spiro atoms. The Hall–Kier alpha value is -2.44. The molecule has 0 saturated heterocycles. The number of carbonyl (C=O) groups is 2. The van der Waals surface area contributed by atoms with Crippen molar-refractivity contribution < 1.29 is 24.0 Å². The van der Waals surface area contributed by atoms with Crippen LogP contribution in [-0.2, 0) is 14.3 Å². The molecule has 0 bridgehead atoms. The molecule has 0 atom stereocenters. The molecule has 0 aromatic heterocycles. The van der Waals surface area contributed by atoms with E-state index in [2.05, 4.69) is 4.74 Å². The summed E-state index contributed by atoms with van der Waals surface area (Å²) >= 11 is 0. The van der Waals surface area contributed by atoms with E-state index >= 15 is 0 Å². The number of nitro groups is 1. The zero-order chi connectivity index (χ0) is 12.8. The maximum absolute atomic E-state index is 11.0. The van der Waals surface area contributed by atoms with Crippen LogP contribution >= 0.6 is 0 Å². The molecule has 0 aliphatic carbocycles. The van der Waals surface area contributed by atoms with Crippen LogP contribution in [0.4, 0.5) is 5.69 Å². The first kappa shape index (κ1) is 12.6. The number of hydrogen-bond acceptors (Lipinski definition) is 6. The van der Waals surface area contributed by atoms with Gasteiger partial charge in [0.2, 0.25) is 0 Å². The second-order valence-corrected chi connectivity index (χ2v) is 2.98. The van der Waals surface area contributed by atoms with Crippen LogP contribution < -0.4 is 4.74 Å². The molecule has 0 aliphatic rings. The van der Waals surface area contributed by atoms with Crippen LogP contribution in [0.3, 0.4) is 0 Å². The molecule has 0 saturated carbocycles. The number of hydrogen-bond donors (Lipinski definition) is 0. The maximum atomic E-state index is 11.0. The normalized spacial score (nSPS) is 9.47. The van der Waals surface area contributed by atoms with Crippen molar-refractivity contribution in [3.8, 4) is 5.75 Å². The lowest BCUT2D eigenvalue weighted by Gasteiger charge is -2.04. The van der Waals surface area contributed by atoms with Gasteiger partial charge >= 0.3 is 17.6 Å². The summed E-state index contributed by atoms with van der Waals surface area (Å²) in [5.74, 6) is -1.73. The Kier molecular flexibility index (Phi) is 4.15. The first-order valence-electron chi connectivity index (χ1n) is 4.58. The Labute approximate surface area is 96.1 Å². The van der Waals surface area contributed by atoms with Crippen LogP contribution in [0.15, 0.2) is 24.3 Å². The van der Waals surface area contributed by atoms with Crippen molar-refractivity contribution in [3.05, 3.63) is 34.4 Å². The third-order valence-electron chi connectivity index (χ3n) is 1.67. The van der Waals surface area contributed by atoms with Crippen molar-refractivity contribution in [2.24, 2.45) is 0 Å². The molecule has 0 N–H and O–H groups in total. The average molecular weight is 239 g/mol. The summed E-state index contributed by atoms with van der Waals surface area (Å²) in [5, 5.41) is 10.6. The van der Waals surface area contributed by atoms with Gasteiger partial charge < -0.3 is 9.47 Å². The summed E-state index contributed by atoms with van der Waals surface area (Å²) in [5.41, 5.74) is -0.261. The van der Waals surface area contributed by atoms with E-state index in [4.69, 9.17) is 4.74 Å². The summed E-state index contributed by atoms with van der Waals surface area (Å²) in [6, 6.07) is 5.59. The second-order valence-electron chi connectivity index (χ2n) is 2.98. The highest BCUT2D eigenvalue weighted by Gasteiger charge is 2.15. The molecule has 0 fully saturated rings. The number of benzene rings is 1. The van der Waals surface area contributed by atoms with E-state index in [-0.39, 0.29) is 11.4 Å². The van der Waals surface area contributed by atoms with Crippen LogP contribution in [0.5, 0.6) is 5.75 Å². The van der Waals surface area contributed by atoms with Crippen LogP contribution in [0.25, 0.3) is 0 Å². The Bertz CT molecular complexity index is 456. The Morgan fingerprint density at radius 3 is 2.59 bits per heavy atom. The lowest BCUT2D eigenvalue weighted by atomic mass is 10.3. The molecular formula is C10H9NO6. The van der Waals surface area contributed by atoms with Gasteiger partial charge in [-0.3, -0.25) is 14.9 Å². The molecule has 90 valence electrons. The first-order valence-corrected chi connectivity index (χ1v) is 4.58. The van der Waals surface area contributed by atoms with E-state index in [1.165, 1.54) is 24.3 Å². The first-order chi connectivity index (χ1) is 8.00. The Morgan fingerprint density at radius 1 is 1.35 bits per heavy atom. The highest BCUT2D eigenvalue weighted by Crippen LogP contribution is 2.25. The van der Waals surface area contributed by atoms with Gasteiger partial charge in [-0.05, 0) is 6.07 Å². The summed E-state index contributed by atoms with van der Waals surface area (Å²) < 4.78 is 9.09. The fourth-order valence-electron chi connectivity index (χ4n) is 1.06. The fraction of sp³-hybridized carbons (Fsp3) is 0.200. The number of nitro benzene ring substituents is 1. The van der Waals surface area contributed by atoms with E-state index in [0.29, 0.717) is 0 Å². The topological polar surface area (TPSA) is 95.7 Å². The SMILES string of the molecule is CC(=O)OC(=O)COc1ccccc1[N+](=O)[O-]. The van der Waals surface area contributed by atoms with Crippen molar-refractivity contribution >= 4 is 17.6 Å². The molecule has 1 rings (SSSR count). The van der Waals surface area contributed by atoms with Crippen molar-refractivity contribution in [3.63, 3.8) is 0 Å². The predicted octanol–water partition coefficient (Wildman–Crippen LogP) is 1.06. The number of para-hydroxylation sites is 2. The zero-order valence-electron chi connectivity index (χ0n) is 8.91. The largest absolute Gasteiger partial charge is 0.475 e. The summed E-state index contributed by atoms with van der Waals surface area (Å²) in [4.78, 5) is 31.4. The van der Waals surface area contributed by atoms with Crippen LogP contribution in [0.2, 0.25) is 0 Å². The monoisotopic (exact) mass is 239 g/mol. The molecule has 0 unspecified atom stereocenters. The van der Waals surface area contributed by atoms with E-state index in [0.717, 1.165) is 6.92 Å². The Balaban J connectivity index is 2.66. The summed E-state index contributed by atoms with van der Waals surface area (Å²) in [6.45, 7) is 0.507. The molecule has 1 aromatic rings. The van der Waals surface area contributed by atoms with Crippen LogP contribution in [0.1, 0.15) is 6.92 Å². The molecule has 0 radical (unpaired) electrons. The van der Waals surface area contributed by atoms with Gasteiger partial charge in [0.1, 0.15) is 0 Å². The van der Waals surface area contributed by atoms with Gasteiger partial charge in [0.25, 0.3) is 0 Å². The van der Waals surface area contributed by atoms with Gasteiger partial charge in [-0.1, -0.05) is 12.1 Å². The van der Waals surface area contributed by atoms with Crippen LogP contribution in [-0.4, -0.2) is 23.5 Å². The smallest absolute Gasteiger partial charge is 0.351 e. The molecule has 0 aliphatic heterocycles. The number of carbonyl (C=O) groups excluding carboxylic acids is 2. The maximum Gasteiger partial charge on any atom is 0.351 e. The molecule has 0 heterocycles. The number of nitrogens with zero attached hydrogens (tertiary/aromatic N) is 1. The van der Waals surface area contributed by atoms with Gasteiger partial charge in [-0.25, -0.2) is 4.79 Å². The predicted molar refractivity (Wildman–Crippen MR) is 55.4 cm³/mol. The average Bonchev–Trinajstić information content (AvgIpc) is 2.25. The molecule has 17 heavy (non-hydrogen) atoms. The second kappa shape index (κ2) is 5.59. The minimum Gasteiger partial charge on any atom is -0.475 e. The van der Waals surface area contributed by atoms with Crippen molar-refractivity contribution in [2.45, 2.75) is 6.92 Å². The lowest BCUT2D eigenvalue weighted by molar-refractivity contribution is -0.385. The van der Waals surface area contributed by atoms with Gasteiger partial charge in [0.15, 0.2) is 12.4 Å². The molecule has 0 amide bonds. The minimum atomic E-state index is -0.907. The van der Waals surface area contributed by atoms with Crippen molar-refractivity contribution in [1.29, 1.82) is 0 Å². The molecule has 7 heteroatoms. The van der Waals surface area contributed by atoms with E-state index in [1.54, 1.807) is 0 Å². The van der Waals surface area contributed by atoms with Gasteiger partial charge in [0, 0.05) is 13.0 Å². The standard InChI is InChI=1S/C10H9NO6/c1-7(12)17-10(13)6-16-9-5-3-2-4-8(9)11(14)15/h2-5H,6H2,1H3. The zero-order valence-corrected chi connectivity index (χ0v) is 8.91. The molecular weight excluding hydrogens is 230 g/mol. The fourth-order valence-corrected chi connectivity index (χ4v) is 1.06. The van der Waals surface area contributed by atoms with Crippen molar-refractivity contribution in [2.75, 3.05) is 6.61 Å². The quantitative estimate of drug-likeness (QED) is 0.337. The molecule has 1 aromatic carbocycles. The Morgan fingerprint density at radius 2 is 2.00 bits per heavy atom. The third kappa shape index (κ3) is 3.90. The van der Waals surface area contributed by atoms with E-state index in [1.807, 2.05) is 0 Å². The summed E-state index contributed by atoms with van der Waals surface area (Å²) in [7, 11) is 0. The number of esters is 2. The van der Waals surface area contributed by atoms with E-state index < -0.39 is 23.5 Å². The van der Waals surface area contributed by atoms with Crippen molar-refractivity contribution in [1.82, 2.24) is 0 Å². The van der Waals surface area contributed by atoms with Crippen LogP contribution in [0, 0.1) is 10.1 Å². The lowest BCUT2D eigenvalue weighted by Crippen LogP contribution is -2.17. The highest BCUT2D eigenvalue weighted by atomic mass is 16.6. The van der Waals surface area contributed by atoms with Gasteiger partial charge in [-0.2, -0.15) is 0 Å². The molecule has 7 nitrogen and oxygen atoms in total. The minimum absolute atomic E-state index is 0.0574. The number of rotatable bonds is 4.